The lowest BCUT2D eigenvalue weighted by Gasteiger charge is -2.35. The monoisotopic (exact) mass is 576 g/mol. The fourth-order valence-corrected chi connectivity index (χ4v) is 5.11. The molecule has 1 aliphatic carbocycles. The highest BCUT2D eigenvalue weighted by atomic mass is 35.5. The van der Waals surface area contributed by atoms with Crippen LogP contribution in [0.15, 0.2) is 18.6 Å². The predicted molar refractivity (Wildman–Crippen MR) is 135 cm³/mol. The number of aliphatic carboxylic acids is 1. The summed E-state index contributed by atoms with van der Waals surface area (Å²) >= 11 is 6.01. The number of hydrogen-bond acceptors (Lipinski definition) is 5. The highest BCUT2D eigenvalue weighted by Gasteiger charge is 2.45. The van der Waals surface area contributed by atoms with Crippen molar-refractivity contribution in [1.29, 1.82) is 0 Å². The molecule has 1 unspecified atom stereocenters. The van der Waals surface area contributed by atoms with Crippen LogP contribution in [-0.4, -0.2) is 54.8 Å². The van der Waals surface area contributed by atoms with E-state index in [1.165, 1.54) is 0 Å². The number of carbonyl (C=O) groups excluding carboxylic acids is 1. The number of rotatable bonds is 9. The van der Waals surface area contributed by atoms with Crippen molar-refractivity contribution in [1.82, 2.24) is 19.7 Å². The Morgan fingerprint density at radius 3 is 2.36 bits per heavy atom. The summed E-state index contributed by atoms with van der Waals surface area (Å²) in [6.07, 6.45) is -2.58. The molecule has 216 valence electrons. The Kier molecular flexibility index (Phi) is 9.01. The largest absolute Gasteiger partial charge is 0.481 e. The highest BCUT2D eigenvalue weighted by Crippen LogP contribution is 2.43. The van der Waals surface area contributed by atoms with E-state index in [4.69, 9.17) is 11.6 Å². The standard InChI is InChI=1S/C26H33ClF4N4O4/c1-5-24(2,3)14-34(13-19(36)20-17(27)11-32-12-18(20)28)22(37)16-10-33-35(21(16)26(29,30)31)15-6-8-25(4,9-7-15)23(38)39/h10-12,15,19,36H,5-9,13-14H2,1-4H3,(H,38,39). The van der Waals surface area contributed by atoms with Crippen LogP contribution >= 0.6 is 11.6 Å². The quantitative estimate of drug-likeness (QED) is 0.359. The van der Waals surface area contributed by atoms with Crippen molar-refractivity contribution in [3.8, 4) is 0 Å². The number of carboxylic acid groups (broad SMARTS) is 1. The Morgan fingerprint density at radius 2 is 1.85 bits per heavy atom. The third kappa shape index (κ3) is 6.71. The molecule has 1 amide bonds. The highest BCUT2D eigenvalue weighted by molar-refractivity contribution is 6.31. The minimum Gasteiger partial charge on any atom is -0.481 e. The summed E-state index contributed by atoms with van der Waals surface area (Å²) in [5, 5.41) is 24.0. The van der Waals surface area contributed by atoms with Crippen LogP contribution in [0.3, 0.4) is 0 Å². The molecule has 0 aliphatic heterocycles. The Balaban J connectivity index is 1.99. The van der Waals surface area contributed by atoms with Gasteiger partial charge in [-0.05, 0) is 44.4 Å². The second-order valence-electron chi connectivity index (χ2n) is 11.2. The molecule has 0 aromatic carbocycles. The van der Waals surface area contributed by atoms with Crippen LogP contribution in [0.25, 0.3) is 0 Å². The minimum atomic E-state index is -4.94. The van der Waals surface area contributed by atoms with Gasteiger partial charge in [-0.15, -0.1) is 0 Å². The SMILES string of the molecule is CCC(C)(C)CN(CC(O)c1c(F)cncc1Cl)C(=O)c1cnn(C2CCC(C)(C(=O)O)CC2)c1C(F)(F)F. The average Bonchev–Trinajstić information content (AvgIpc) is 3.29. The molecular weight excluding hydrogens is 544 g/mol. The Morgan fingerprint density at radius 1 is 1.23 bits per heavy atom. The van der Waals surface area contributed by atoms with Gasteiger partial charge in [-0.3, -0.25) is 19.3 Å². The third-order valence-corrected chi connectivity index (χ3v) is 8.00. The summed E-state index contributed by atoms with van der Waals surface area (Å²) in [7, 11) is 0. The Bertz CT molecular complexity index is 1190. The van der Waals surface area contributed by atoms with Crippen LogP contribution in [0.1, 0.15) is 93.6 Å². The molecule has 2 heterocycles. The number of amides is 1. The molecule has 2 aromatic rings. The lowest BCUT2D eigenvalue weighted by atomic mass is 9.74. The van der Waals surface area contributed by atoms with Crippen molar-refractivity contribution in [2.75, 3.05) is 13.1 Å². The lowest BCUT2D eigenvalue weighted by molar-refractivity contribution is -0.152. The van der Waals surface area contributed by atoms with E-state index in [2.05, 4.69) is 10.1 Å². The fourth-order valence-electron chi connectivity index (χ4n) is 4.83. The van der Waals surface area contributed by atoms with Gasteiger partial charge in [0.1, 0.15) is 11.9 Å². The van der Waals surface area contributed by atoms with Crippen LogP contribution in [0.2, 0.25) is 5.02 Å². The molecule has 2 aromatic heterocycles. The average molecular weight is 577 g/mol. The first kappa shape index (κ1) is 30.8. The zero-order valence-corrected chi connectivity index (χ0v) is 23.0. The smallest absolute Gasteiger partial charge is 0.433 e. The number of aliphatic hydroxyl groups is 1. The first-order chi connectivity index (χ1) is 18.0. The van der Waals surface area contributed by atoms with E-state index < -0.39 is 64.6 Å². The molecule has 2 N–H and O–H groups in total. The molecule has 1 saturated carbocycles. The van der Waals surface area contributed by atoms with Gasteiger partial charge in [0.25, 0.3) is 5.91 Å². The summed E-state index contributed by atoms with van der Waals surface area (Å²) < 4.78 is 58.3. The summed E-state index contributed by atoms with van der Waals surface area (Å²) in [5.74, 6) is -2.94. The molecule has 0 bridgehead atoms. The second-order valence-corrected chi connectivity index (χ2v) is 11.6. The molecule has 1 atom stereocenters. The number of pyridine rings is 1. The summed E-state index contributed by atoms with van der Waals surface area (Å²) in [6.45, 7) is 6.49. The molecule has 8 nitrogen and oxygen atoms in total. The van der Waals surface area contributed by atoms with Crippen LogP contribution in [0.5, 0.6) is 0 Å². The molecule has 0 saturated heterocycles. The van der Waals surface area contributed by atoms with Crippen molar-refractivity contribution in [3.05, 3.63) is 46.3 Å². The predicted octanol–water partition coefficient (Wildman–Crippen LogP) is 5.91. The molecular formula is C26H33ClF4N4O4. The number of halogens is 5. The zero-order valence-electron chi connectivity index (χ0n) is 22.2. The minimum absolute atomic E-state index is 0.0351. The van der Waals surface area contributed by atoms with Crippen molar-refractivity contribution in [3.63, 3.8) is 0 Å². The number of alkyl halides is 3. The van der Waals surface area contributed by atoms with Crippen molar-refractivity contribution < 1.29 is 37.4 Å². The molecule has 0 radical (unpaired) electrons. The van der Waals surface area contributed by atoms with Gasteiger partial charge in [-0.2, -0.15) is 18.3 Å². The number of carbonyl (C=O) groups is 2. The molecule has 13 heteroatoms. The number of carboxylic acids is 1. The topological polar surface area (TPSA) is 109 Å². The maximum Gasteiger partial charge on any atom is 0.433 e. The van der Waals surface area contributed by atoms with E-state index in [1.54, 1.807) is 6.92 Å². The molecule has 1 aliphatic rings. The van der Waals surface area contributed by atoms with Gasteiger partial charge in [-0.25, -0.2) is 4.39 Å². The second kappa shape index (κ2) is 11.4. The number of nitrogens with zero attached hydrogens (tertiary/aromatic N) is 4. The van der Waals surface area contributed by atoms with Crippen LogP contribution in [-0.2, 0) is 11.0 Å². The lowest BCUT2D eigenvalue weighted by Crippen LogP contribution is -2.42. The van der Waals surface area contributed by atoms with Gasteiger partial charge in [0.15, 0.2) is 5.69 Å². The maximum atomic E-state index is 14.4. The Hall–Kier alpha value is -2.73. The van der Waals surface area contributed by atoms with Gasteiger partial charge in [-0.1, -0.05) is 32.4 Å². The number of hydrogen-bond donors (Lipinski definition) is 2. The normalized spacial score (nSPS) is 21.0. The van der Waals surface area contributed by atoms with E-state index in [-0.39, 0.29) is 42.8 Å². The summed E-state index contributed by atoms with van der Waals surface area (Å²) in [4.78, 5) is 29.9. The van der Waals surface area contributed by atoms with Gasteiger partial charge < -0.3 is 15.1 Å². The van der Waals surface area contributed by atoms with E-state index in [0.717, 1.165) is 28.2 Å². The van der Waals surface area contributed by atoms with Crippen LogP contribution in [0.4, 0.5) is 17.6 Å². The molecule has 3 rings (SSSR count). The first-order valence-corrected chi connectivity index (χ1v) is 13.0. The van der Waals surface area contributed by atoms with Crippen molar-refractivity contribution >= 4 is 23.5 Å². The van der Waals surface area contributed by atoms with E-state index >= 15 is 0 Å². The van der Waals surface area contributed by atoms with Crippen molar-refractivity contribution in [2.45, 2.75) is 78.1 Å². The van der Waals surface area contributed by atoms with Crippen LogP contribution in [0, 0.1) is 16.6 Å². The van der Waals surface area contributed by atoms with Gasteiger partial charge in [0.2, 0.25) is 0 Å². The number of aliphatic hydroxyl groups excluding tert-OH is 1. The summed E-state index contributed by atoms with van der Waals surface area (Å²) in [5.41, 5.74) is -3.83. The molecule has 1 fully saturated rings. The fraction of sp³-hybridized carbons (Fsp3) is 0.615. The van der Waals surface area contributed by atoms with Gasteiger partial charge in [0.05, 0.1) is 41.0 Å². The molecule has 39 heavy (non-hydrogen) atoms. The van der Waals surface area contributed by atoms with E-state index in [1.807, 2.05) is 20.8 Å². The van der Waals surface area contributed by atoms with Crippen molar-refractivity contribution in [2.24, 2.45) is 10.8 Å². The number of aromatic nitrogens is 3. The zero-order chi connectivity index (χ0) is 29.3. The molecule has 0 spiro atoms. The van der Waals surface area contributed by atoms with E-state index in [0.29, 0.717) is 6.42 Å². The first-order valence-electron chi connectivity index (χ1n) is 12.6. The third-order valence-electron chi connectivity index (χ3n) is 7.70. The van der Waals surface area contributed by atoms with Gasteiger partial charge >= 0.3 is 12.1 Å². The van der Waals surface area contributed by atoms with E-state index in [9.17, 15) is 37.4 Å². The maximum absolute atomic E-state index is 14.4. The summed E-state index contributed by atoms with van der Waals surface area (Å²) in [6, 6.07) is -0.744. The van der Waals surface area contributed by atoms with Gasteiger partial charge in [0, 0.05) is 18.3 Å². The van der Waals surface area contributed by atoms with Crippen LogP contribution < -0.4 is 0 Å². The Labute approximate surface area is 229 Å².